The molecular formula is C10H20N2. The van der Waals surface area contributed by atoms with Crippen LogP contribution in [-0.4, -0.2) is 42.5 Å². The lowest BCUT2D eigenvalue weighted by atomic mass is 10.3. The number of nitrogens with zero attached hydrogens (tertiary/aromatic N) is 2. The fraction of sp³-hybridized carbons (Fsp3) is 0.800. The van der Waals surface area contributed by atoms with Crippen LogP contribution in [0.1, 0.15) is 20.8 Å². The van der Waals surface area contributed by atoms with Gasteiger partial charge in [0.05, 0.1) is 0 Å². The Kier molecular flexibility index (Phi) is 3.60. The van der Waals surface area contributed by atoms with Gasteiger partial charge < -0.3 is 9.80 Å². The van der Waals surface area contributed by atoms with Gasteiger partial charge in [-0.05, 0) is 20.4 Å². The van der Waals surface area contributed by atoms with Crippen LogP contribution in [-0.2, 0) is 0 Å². The van der Waals surface area contributed by atoms with Gasteiger partial charge in [-0.3, -0.25) is 0 Å². The van der Waals surface area contributed by atoms with Gasteiger partial charge in [-0.15, -0.1) is 0 Å². The minimum atomic E-state index is 1.20. The Labute approximate surface area is 75.8 Å². The molecule has 0 amide bonds. The average molecular weight is 168 g/mol. The van der Waals surface area contributed by atoms with E-state index in [0.29, 0.717) is 0 Å². The van der Waals surface area contributed by atoms with Crippen molar-refractivity contribution >= 4 is 0 Å². The van der Waals surface area contributed by atoms with Crippen LogP contribution in [0.25, 0.3) is 0 Å². The van der Waals surface area contributed by atoms with Crippen molar-refractivity contribution in [3.05, 3.63) is 11.8 Å². The maximum absolute atomic E-state index is 2.50. The largest absolute Gasteiger partial charge is 0.373 e. The van der Waals surface area contributed by atoms with Crippen LogP contribution < -0.4 is 0 Å². The fourth-order valence-corrected chi connectivity index (χ4v) is 1.60. The zero-order valence-corrected chi connectivity index (χ0v) is 8.51. The number of piperazine rings is 1. The van der Waals surface area contributed by atoms with Crippen LogP contribution >= 0.6 is 0 Å². The summed E-state index contributed by atoms with van der Waals surface area (Å²) in [6.45, 7) is 12.6. The summed E-state index contributed by atoms with van der Waals surface area (Å²) in [6.07, 6.45) is 2.20. The fourth-order valence-electron chi connectivity index (χ4n) is 1.60. The Morgan fingerprint density at radius 3 is 2.25 bits per heavy atom. The predicted octanol–water partition coefficient (Wildman–Crippen LogP) is 1.55. The van der Waals surface area contributed by atoms with Crippen LogP contribution in [0.5, 0.6) is 0 Å². The maximum atomic E-state index is 2.50. The van der Waals surface area contributed by atoms with Crippen molar-refractivity contribution in [3.8, 4) is 0 Å². The quantitative estimate of drug-likeness (QED) is 0.617. The van der Waals surface area contributed by atoms with Gasteiger partial charge in [0.1, 0.15) is 0 Å². The molecule has 0 aromatic rings. The van der Waals surface area contributed by atoms with Gasteiger partial charge in [0.15, 0.2) is 0 Å². The Morgan fingerprint density at radius 2 is 1.83 bits per heavy atom. The summed E-state index contributed by atoms with van der Waals surface area (Å²) in [6, 6.07) is 0. The van der Waals surface area contributed by atoms with E-state index in [9.17, 15) is 0 Å². The molecule has 0 saturated carbocycles. The lowest BCUT2D eigenvalue weighted by Gasteiger charge is -2.35. The summed E-state index contributed by atoms with van der Waals surface area (Å²) in [5, 5.41) is 0. The first-order valence-electron chi connectivity index (χ1n) is 4.88. The van der Waals surface area contributed by atoms with Crippen molar-refractivity contribution in [2.45, 2.75) is 20.8 Å². The van der Waals surface area contributed by atoms with E-state index < -0.39 is 0 Å². The van der Waals surface area contributed by atoms with Gasteiger partial charge in [-0.1, -0.05) is 13.0 Å². The van der Waals surface area contributed by atoms with Crippen LogP contribution in [0, 0.1) is 0 Å². The van der Waals surface area contributed by atoms with Gasteiger partial charge in [-0.25, -0.2) is 0 Å². The zero-order valence-electron chi connectivity index (χ0n) is 8.51. The molecule has 1 rings (SSSR count). The minimum Gasteiger partial charge on any atom is -0.373 e. The molecule has 1 fully saturated rings. The summed E-state index contributed by atoms with van der Waals surface area (Å²) in [7, 11) is 0. The highest BCUT2D eigenvalue weighted by molar-refractivity contribution is 4.96. The molecule has 70 valence electrons. The highest BCUT2D eigenvalue weighted by atomic mass is 15.3. The normalized spacial score (nSPS) is 21.6. The highest BCUT2D eigenvalue weighted by Crippen LogP contribution is 2.07. The van der Waals surface area contributed by atoms with E-state index in [1.165, 1.54) is 38.4 Å². The first-order valence-corrected chi connectivity index (χ1v) is 4.88. The summed E-state index contributed by atoms with van der Waals surface area (Å²) in [4.78, 5) is 4.96. The van der Waals surface area contributed by atoms with E-state index in [2.05, 4.69) is 36.6 Å². The summed E-state index contributed by atoms with van der Waals surface area (Å²) in [5.74, 6) is 0. The van der Waals surface area contributed by atoms with Gasteiger partial charge in [0.25, 0.3) is 0 Å². The second kappa shape index (κ2) is 4.51. The lowest BCUT2D eigenvalue weighted by molar-refractivity contribution is 0.165. The van der Waals surface area contributed by atoms with Crippen LogP contribution in [0.4, 0.5) is 0 Å². The van der Waals surface area contributed by atoms with Crippen LogP contribution in [0.2, 0.25) is 0 Å². The summed E-state index contributed by atoms with van der Waals surface area (Å²) in [5.41, 5.74) is 1.42. The second-order valence-electron chi connectivity index (χ2n) is 3.35. The third kappa shape index (κ3) is 2.24. The third-order valence-electron chi connectivity index (χ3n) is 2.74. The molecule has 2 heteroatoms. The standard InChI is InChI=1S/C10H20N2/c1-4-10(3)12-8-6-11(5-2)7-9-12/h4H,5-9H2,1-3H3/b10-4+. The number of hydrogen-bond donors (Lipinski definition) is 0. The van der Waals surface area contributed by atoms with E-state index in [4.69, 9.17) is 0 Å². The number of rotatable bonds is 2. The smallest absolute Gasteiger partial charge is 0.0303 e. The number of allylic oxidation sites excluding steroid dienone is 2. The first-order chi connectivity index (χ1) is 5.77. The van der Waals surface area contributed by atoms with E-state index in [0.717, 1.165) is 0 Å². The van der Waals surface area contributed by atoms with E-state index >= 15 is 0 Å². The van der Waals surface area contributed by atoms with Gasteiger partial charge >= 0.3 is 0 Å². The van der Waals surface area contributed by atoms with Crippen molar-refractivity contribution in [2.75, 3.05) is 32.7 Å². The Balaban J connectivity index is 2.36. The highest BCUT2D eigenvalue weighted by Gasteiger charge is 2.14. The van der Waals surface area contributed by atoms with Gasteiger partial charge in [0.2, 0.25) is 0 Å². The molecule has 0 aromatic heterocycles. The molecule has 0 unspecified atom stereocenters. The zero-order chi connectivity index (χ0) is 8.97. The molecular weight excluding hydrogens is 148 g/mol. The molecule has 1 saturated heterocycles. The average Bonchev–Trinajstić information content (AvgIpc) is 2.17. The Morgan fingerprint density at radius 1 is 1.25 bits per heavy atom. The van der Waals surface area contributed by atoms with Crippen molar-refractivity contribution in [1.29, 1.82) is 0 Å². The second-order valence-corrected chi connectivity index (χ2v) is 3.35. The van der Waals surface area contributed by atoms with Crippen LogP contribution in [0.15, 0.2) is 11.8 Å². The van der Waals surface area contributed by atoms with Crippen molar-refractivity contribution < 1.29 is 0 Å². The summed E-state index contributed by atoms with van der Waals surface area (Å²) < 4.78 is 0. The Bertz CT molecular complexity index is 155. The topological polar surface area (TPSA) is 6.48 Å². The first kappa shape index (κ1) is 9.59. The van der Waals surface area contributed by atoms with E-state index in [-0.39, 0.29) is 0 Å². The van der Waals surface area contributed by atoms with Crippen molar-refractivity contribution in [1.82, 2.24) is 9.80 Å². The SMILES string of the molecule is C/C=C(\C)N1CCN(CC)CC1. The molecule has 0 atom stereocenters. The maximum Gasteiger partial charge on any atom is 0.0303 e. The molecule has 1 aliphatic heterocycles. The van der Waals surface area contributed by atoms with Crippen molar-refractivity contribution in [3.63, 3.8) is 0 Å². The molecule has 0 aliphatic carbocycles. The van der Waals surface area contributed by atoms with Crippen molar-refractivity contribution in [2.24, 2.45) is 0 Å². The summed E-state index contributed by atoms with van der Waals surface area (Å²) >= 11 is 0. The predicted molar refractivity (Wildman–Crippen MR) is 53.1 cm³/mol. The molecule has 0 radical (unpaired) electrons. The number of hydrogen-bond acceptors (Lipinski definition) is 2. The van der Waals surface area contributed by atoms with Crippen LogP contribution in [0.3, 0.4) is 0 Å². The molecule has 0 spiro atoms. The molecule has 0 bridgehead atoms. The minimum absolute atomic E-state index is 1.20. The molecule has 1 aliphatic rings. The molecule has 2 nitrogen and oxygen atoms in total. The molecule has 0 N–H and O–H groups in total. The van der Waals surface area contributed by atoms with E-state index in [1.54, 1.807) is 0 Å². The monoisotopic (exact) mass is 168 g/mol. The lowest BCUT2D eigenvalue weighted by Crippen LogP contribution is -2.45. The molecule has 1 heterocycles. The molecule has 0 aromatic carbocycles. The van der Waals surface area contributed by atoms with E-state index in [1.807, 2.05) is 0 Å². The van der Waals surface area contributed by atoms with Gasteiger partial charge in [0, 0.05) is 31.9 Å². The third-order valence-corrected chi connectivity index (χ3v) is 2.74. The Hall–Kier alpha value is -0.500. The van der Waals surface area contributed by atoms with Gasteiger partial charge in [-0.2, -0.15) is 0 Å². The number of likely N-dealkylation sites (N-methyl/N-ethyl adjacent to an activating group) is 1. The molecule has 12 heavy (non-hydrogen) atoms.